The fourth-order valence-corrected chi connectivity index (χ4v) is 13.8. The second kappa shape index (κ2) is 14.4. The predicted octanol–water partition coefficient (Wildman–Crippen LogP) is 2.86. The lowest BCUT2D eigenvalue weighted by Gasteiger charge is -2.63. The molecule has 9 rings (SSSR count). The van der Waals surface area contributed by atoms with Crippen molar-refractivity contribution in [1.82, 2.24) is 15.1 Å². The largest absolute Gasteiger partial charge is 0.496 e. The number of benzene rings is 2. The molecule has 60 heavy (non-hydrogen) atoms. The molecule has 322 valence electrons. The predicted molar refractivity (Wildman–Crippen MR) is 224 cm³/mol. The van der Waals surface area contributed by atoms with Crippen molar-refractivity contribution in [3.05, 3.63) is 76.4 Å². The zero-order valence-electron chi connectivity index (χ0n) is 35.8. The van der Waals surface area contributed by atoms with E-state index in [2.05, 4.69) is 33.3 Å². The number of esters is 2. The Hall–Kier alpha value is -4.27. The highest BCUT2D eigenvalue weighted by Crippen LogP contribution is 2.68. The first-order valence-electron chi connectivity index (χ1n) is 21.7. The van der Waals surface area contributed by atoms with Crippen LogP contribution in [-0.2, 0) is 41.1 Å². The van der Waals surface area contributed by atoms with Gasteiger partial charge in [0.15, 0.2) is 5.60 Å². The van der Waals surface area contributed by atoms with Crippen LogP contribution < -0.4 is 15.0 Å². The summed E-state index contributed by atoms with van der Waals surface area (Å²) in [5.74, 6) is -1.53. The summed E-state index contributed by atoms with van der Waals surface area (Å²) in [5.41, 5.74) is 0.00761. The molecule has 2 aromatic carbocycles. The third kappa shape index (κ3) is 5.37. The number of rotatable bonds is 8. The van der Waals surface area contributed by atoms with Gasteiger partial charge in [0.05, 0.1) is 33.0 Å². The molecule has 2 unspecified atom stereocenters. The van der Waals surface area contributed by atoms with E-state index in [0.29, 0.717) is 75.9 Å². The number of nitrogens with zero attached hydrogens (tertiary/aromatic N) is 3. The molecule has 0 radical (unpaired) electrons. The molecule has 3 fully saturated rings. The molecule has 13 nitrogen and oxygen atoms in total. The van der Waals surface area contributed by atoms with Crippen LogP contribution >= 0.6 is 0 Å². The highest BCUT2D eigenvalue weighted by Gasteiger charge is 2.78. The second-order valence-electron chi connectivity index (χ2n) is 18.7. The summed E-state index contributed by atoms with van der Waals surface area (Å²) in [6.45, 7) is 6.85. The van der Waals surface area contributed by atoms with Gasteiger partial charge in [-0.15, -0.1) is 0 Å². The van der Waals surface area contributed by atoms with Gasteiger partial charge in [0.25, 0.3) is 5.91 Å². The summed E-state index contributed by atoms with van der Waals surface area (Å²) < 4.78 is 17.2. The molecule has 4 N–H and O–H groups in total. The summed E-state index contributed by atoms with van der Waals surface area (Å²) >= 11 is 0. The monoisotopic (exact) mass is 824 g/mol. The Morgan fingerprint density at radius 1 is 0.967 bits per heavy atom. The normalized spacial score (nSPS) is 37.4. The van der Waals surface area contributed by atoms with Crippen LogP contribution in [0.15, 0.2) is 54.1 Å². The Morgan fingerprint density at radius 3 is 2.47 bits per heavy atom. The Labute approximate surface area is 352 Å². The van der Waals surface area contributed by atoms with Gasteiger partial charge >= 0.3 is 11.9 Å². The number of anilines is 1. The molecule has 5 aliphatic heterocycles. The zero-order chi connectivity index (χ0) is 42.6. The van der Waals surface area contributed by atoms with Crippen LogP contribution in [0.5, 0.6) is 5.75 Å². The molecule has 10 atom stereocenters. The van der Waals surface area contributed by atoms with E-state index in [1.165, 1.54) is 14.2 Å². The number of amides is 1. The van der Waals surface area contributed by atoms with Gasteiger partial charge in [-0.2, -0.15) is 0 Å². The summed E-state index contributed by atoms with van der Waals surface area (Å²) in [6.07, 6.45) is 6.19. The second-order valence-corrected chi connectivity index (χ2v) is 18.7. The van der Waals surface area contributed by atoms with Crippen LogP contribution in [0.3, 0.4) is 0 Å². The molecule has 0 aromatic heterocycles. The number of nitrogens with one attached hydrogen (secondary N) is 1. The average molecular weight is 825 g/mol. The van der Waals surface area contributed by atoms with Crippen LogP contribution in [0.2, 0.25) is 0 Å². The number of fused-ring (bicyclic) bond motifs is 5. The fraction of sp³-hybridized carbons (Fsp3) is 0.596. The van der Waals surface area contributed by atoms with Crippen molar-refractivity contribution in [2.75, 3.05) is 72.5 Å². The molecule has 5 heterocycles. The van der Waals surface area contributed by atoms with Crippen molar-refractivity contribution >= 4 is 29.1 Å². The maximum Gasteiger partial charge on any atom is 0.325 e. The van der Waals surface area contributed by atoms with Gasteiger partial charge in [-0.05, 0) is 91.3 Å². The van der Waals surface area contributed by atoms with Crippen molar-refractivity contribution in [3.63, 3.8) is 0 Å². The fourth-order valence-electron chi connectivity index (χ4n) is 13.8. The SMILES string of the molecule is CC[C@]1(O)CC2CN(CCC3=C(Cc4ccccc43)[C@@](C(=O)OC)(c3cc4c(cc3OC)N(C)[C@H]3[C@@](O)(C(=O)NCC(=O)OC)[C@H](O)[C@]5(CC)C=CCN6CC[C@]43[C@@H]65)C2)C1. The van der Waals surface area contributed by atoms with E-state index in [4.69, 9.17) is 14.2 Å². The van der Waals surface area contributed by atoms with Gasteiger partial charge in [-0.1, -0.05) is 50.3 Å². The minimum absolute atomic E-state index is 0.0727. The Kier molecular flexibility index (Phi) is 9.87. The molecule has 13 heteroatoms. The quantitative estimate of drug-likeness (QED) is 0.228. The molecular formula is C47H60N4O9. The van der Waals surface area contributed by atoms with Gasteiger partial charge < -0.3 is 39.7 Å². The topological polar surface area (TPSA) is 161 Å². The number of hydrogen-bond donors (Lipinski definition) is 4. The van der Waals surface area contributed by atoms with E-state index in [0.717, 1.165) is 46.6 Å². The third-order valence-corrected chi connectivity index (χ3v) is 16.2. The van der Waals surface area contributed by atoms with Gasteiger partial charge in [0.1, 0.15) is 23.8 Å². The number of aliphatic hydroxyl groups is 3. The summed E-state index contributed by atoms with van der Waals surface area (Å²) in [5, 5.41) is 40.5. The Morgan fingerprint density at radius 2 is 1.75 bits per heavy atom. The molecule has 2 aromatic rings. The minimum Gasteiger partial charge on any atom is -0.496 e. The lowest BCUT2D eigenvalue weighted by molar-refractivity contribution is -0.203. The molecule has 2 saturated heterocycles. The number of carbonyl (C=O) groups excluding carboxylic acids is 3. The van der Waals surface area contributed by atoms with Crippen LogP contribution in [0.25, 0.3) is 5.57 Å². The van der Waals surface area contributed by atoms with Gasteiger partial charge in [-0.3, -0.25) is 24.2 Å². The molecule has 2 bridgehead atoms. The smallest absolute Gasteiger partial charge is 0.325 e. The summed E-state index contributed by atoms with van der Waals surface area (Å²) in [6, 6.07) is 11.1. The number of hydrogen-bond acceptors (Lipinski definition) is 12. The first kappa shape index (κ1) is 41.1. The number of aliphatic hydroxyl groups excluding tert-OH is 1. The van der Waals surface area contributed by atoms with Crippen molar-refractivity contribution in [1.29, 1.82) is 0 Å². The molecule has 1 saturated carbocycles. The van der Waals surface area contributed by atoms with Crippen molar-refractivity contribution in [2.24, 2.45) is 11.3 Å². The summed E-state index contributed by atoms with van der Waals surface area (Å²) in [7, 11) is 6.13. The van der Waals surface area contributed by atoms with Gasteiger partial charge in [0.2, 0.25) is 0 Å². The molecule has 2 aliphatic carbocycles. The van der Waals surface area contributed by atoms with E-state index < -0.39 is 64.0 Å². The van der Waals surface area contributed by atoms with E-state index in [9.17, 15) is 24.9 Å². The first-order valence-corrected chi connectivity index (χ1v) is 21.7. The highest BCUT2D eigenvalue weighted by molar-refractivity contribution is 5.96. The number of ether oxygens (including phenoxy) is 3. The van der Waals surface area contributed by atoms with E-state index >= 15 is 4.79 Å². The molecule has 1 amide bonds. The van der Waals surface area contributed by atoms with E-state index in [1.54, 1.807) is 7.11 Å². The number of methoxy groups -OCH3 is 3. The third-order valence-electron chi connectivity index (χ3n) is 16.2. The van der Waals surface area contributed by atoms with Crippen LogP contribution in [0.4, 0.5) is 5.69 Å². The van der Waals surface area contributed by atoms with E-state index in [-0.39, 0.29) is 12.0 Å². The van der Waals surface area contributed by atoms with Crippen LogP contribution in [0, 0.1) is 11.3 Å². The lowest BCUT2D eigenvalue weighted by atomic mass is 9.47. The zero-order valence-corrected chi connectivity index (χ0v) is 35.8. The van der Waals surface area contributed by atoms with Crippen molar-refractivity contribution in [2.45, 2.75) is 99.0 Å². The number of likely N-dealkylation sites (N-methyl/N-ethyl adjacent to an activating group) is 1. The lowest BCUT2D eigenvalue weighted by Crippen LogP contribution is -2.81. The molecule has 1 spiro atoms. The standard InChI is InChI=1S/C47H60N4O9/c1-7-43(56)23-28-24-46(42(55)60-6,32-20-29-12-9-10-13-30(29)31(32)14-18-50(26-28)27-43)34-21-33-35(22-36(34)58-4)49(3)39-45(33)16-19-51-17-11-15-44(8-2,38(45)51)40(53)47(39,57)41(54)48-25-37(52)59-5/h9-13,15,21-22,28,38-40,53,56-57H,7-8,14,16-20,23-27H2,1-6H3,(H,48,54)/t28?,38-,39+,40+,43-,44+,45+,46+,47-/m0/s1. The maximum absolute atomic E-state index is 15.4. The van der Waals surface area contributed by atoms with Crippen molar-refractivity contribution in [3.8, 4) is 5.75 Å². The van der Waals surface area contributed by atoms with Gasteiger partial charge in [-0.25, -0.2) is 0 Å². The average Bonchev–Trinajstić information content (AvgIpc) is 3.92. The maximum atomic E-state index is 15.4. The number of piperidine rings is 1. The van der Waals surface area contributed by atoms with E-state index in [1.807, 2.05) is 56.1 Å². The minimum atomic E-state index is -2.39. The Balaban J connectivity index is 1.32. The van der Waals surface area contributed by atoms with Gasteiger partial charge in [0, 0.05) is 67.4 Å². The van der Waals surface area contributed by atoms with Crippen LogP contribution in [0.1, 0.15) is 74.6 Å². The number of carbonyl (C=O) groups is 3. The molecular weight excluding hydrogens is 765 g/mol. The molecule has 7 aliphatic rings. The van der Waals surface area contributed by atoms with Crippen LogP contribution in [-0.4, -0.2) is 140 Å². The van der Waals surface area contributed by atoms with Crippen molar-refractivity contribution < 1.29 is 43.9 Å². The first-order chi connectivity index (χ1) is 28.7. The highest BCUT2D eigenvalue weighted by atomic mass is 16.5. The Bertz CT molecular complexity index is 2190. The summed E-state index contributed by atoms with van der Waals surface area (Å²) in [4.78, 5) is 49.0.